The van der Waals surface area contributed by atoms with E-state index >= 15 is 0 Å². The molecule has 1 aromatic rings. The maximum Gasteiger partial charge on any atom is 0.408 e. The number of nitrogens with one attached hydrogen (secondary N) is 1. The molecule has 0 radical (unpaired) electrons. The van der Waals surface area contributed by atoms with Gasteiger partial charge in [0.1, 0.15) is 18.2 Å². The molecule has 0 aliphatic rings. The first kappa shape index (κ1) is 17.3. The van der Waals surface area contributed by atoms with Gasteiger partial charge < -0.3 is 19.9 Å². The summed E-state index contributed by atoms with van der Waals surface area (Å²) in [5.74, 6) is -0.547. The number of hydrogen-bond donors (Lipinski definition) is 2. The molecule has 0 saturated carbocycles. The van der Waals surface area contributed by atoms with Crippen LogP contribution in [0.1, 0.15) is 39.2 Å². The number of esters is 1. The summed E-state index contributed by atoms with van der Waals surface area (Å²) < 4.78 is 17.1. The summed E-state index contributed by atoms with van der Waals surface area (Å²) in [7, 11) is 0. The lowest BCUT2D eigenvalue weighted by Gasteiger charge is -2.22. The van der Waals surface area contributed by atoms with Crippen molar-refractivity contribution in [1.29, 1.82) is 1.43 Å². The second-order valence-corrected chi connectivity index (χ2v) is 6.14. The van der Waals surface area contributed by atoms with E-state index in [2.05, 4.69) is 10.4 Å². The van der Waals surface area contributed by atoms with Crippen LogP contribution in [0.25, 0.3) is 0 Å². The van der Waals surface area contributed by atoms with Crippen molar-refractivity contribution < 1.29 is 24.2 Å². The minimum absolute atomic E-state index is 0.126. The summed E-state index contributed by atoms with van der Waals surface area (Å²) in [6.45, 7) is 5.51. The molecule has 0 saturated heterocycles. The number of alkyl carbamates (subject to hydrolysis) is 1. The van der Waals surface area contributed by atoms with E-state index in [1.54, 1.807) is 20.8 Å². The van der Waals surface area contributed by atoms with Crippen LogP contribution in [0, 0.1) is 0 Å². The third-order valence-electron chi connectivity index (χ3n) is 2.84. The molecular weight excluding hydrogens is 298 g/mol. The number of hydrogen-bond acceptors (Lipinski definition) is 5. The predicted molar refractivity (Wildman–Crippen MR) is 85.7 cm³/mol. The average Bonchev–Trinajstić information content (AvgIpc) is 2.51. The number of carbonyl (C=O) groups excluding carboxylic acids is 2. The molecule has 0 aliphatic carbocycles. The SMILES string of the molecule is [2H]OCCC[C@H](NC(=O)OC(C)(C)C)C(=O)OCc1ccccc1. The number of benzene rings is 1. The van der Waals surface area contributed by atoms with Crippen LogP contribution in [0.3, 0.4) is 0 Å². The highest BCUT2D eigenvalue weighted by Gasteiger charge is 2.25. The maximum atomic E-state index is 12.2. The Morgan fingerprint density at radius 3 is 2.61 bits per heavy atom. The van der Waals surface area contributed by atoms with E-state index in [1.807, 2.05) is 30.3 Å². The van der Waals surface area contributed by atoms with Crippen LogP contribution in [0.2, 0.25) is 0 Å². The normalized spacial score (nSPS) is 12.9. The molecule has 0 bridgehead atoms. The smallest absolute Gasteiger partial charge is 0.408 e. The van der Waals surface area contributed by atoms with Gasteiger partial charge in [-0.2, -0.15) is 0 Å². The van der Waals surface area contributed by atoms with E-state index in [4.69, 9.17) is 10.9 Å². The summed E-state index contributed by atoms with van der Waals surface area (Å²) in [5.41, 5.74) is 0.198. The van der Waals surface area contributed by atoms with Gasteiger partial charge >= 0.3 is 12.1 Å². The Labute approximate surface area is 138 Å². The van der Waals surface area contributed by atoms with Crippen molar-refractivity contribution in [2.45, 2.75) is 51.9 Å². The van der Waals surface area contributed by atoms with Gasteiger partial charge in [0.2, 0.25) is 1.43 Å². The molecule has 0 aliphatic heterocycles. The van der Waals surface area contributed by atoms with Crippen molar-refractivity contribution in [3.8, 4) is 0 Å². The van der Waals surface area contributed by atoms with Crippen LogP contribution < -0.4 is 5.32 Å². The monoisotopic (exact) mass is 324 g/mol. The van der Waals surface area contributed by atoms with Gasteiger partial charge in [-0.05, 0) is 39.2 Å². The van der Waals surface area contributed by atoms with Crippen molar-refractivity contribution in [1.82, 2.24) is 5.32 Å². The first-order valence-electron chi connectivity index (χ1n) is 8.01. The second-order valence-electron chi connectivity index (χ2n) is 6.14. The van der Waals surface area contributed by atoms with E-state index in [-0.39, 0.29) is 13.2 Å². The number of amides is 1. The largest absolute Gasteiger partial charge is 0.459 e. The summed E-state index contributed by atoms with van der Waals surface area (Å²) in [6.07, 6.45) is 0.0480. The number of carbonyl (C=O) groups is 2. The van der Waals surface area contributed by atoms with E-state index in [0.29, 0.717) is 12.8 Å². The van der Waals surface area contributed by atoms with Crippen molar-refractivity contribution in [2.75, 3.05) is 6.61 Å². The molecule has 1 amide bonds. The van der Waals surface area contributed by atoms with Crippen LogP contribution in [0.15, 0.2) is 30.3 Å². The second kappa shape index (κ2) is 9.15. The highest BCUT2D eigenvalue weighted by atomic mass is 16.6. The van der Waals surface area contributed by atoms with Gasteiger partial charge in [-0.1, -0.05) is 30.3 Å². The van der Waals surface area contributed by atoms with Crippen LogP contribution in [-0.4, -0.2) is 36.9 Å². The molecule has 0 spiro atoms. The standard InChI is InChI=1S/C17H25NO5/c1-17(2,3)23-16(21)18-14(10-7-11-19)15(20)22-12-13-8-5-4-6-9-13/h4-6,8-9,14,19H,7,10-12H2,1-3H3,(H,18,21)/t14-/m0/s1/i19D. The zero-order valence-corrected chi connectivity index (χ0v) is 13.8. The van der Waals surface area contributed by atoms with Crippen LogP contribution in [0.4, 0.5) is 4.79 Å². The Balaban J connectivity index is 2.58. The summed E-state index contributed by atoms with van der Waals surface area (Å²) in [5, 5.41) is 6.76. The minimum atomic E-state index is -0.848. The molecule has 6 nitrogen and oxygen atoms in total. The topological polar surface area (TPSA) is 84.9 Å². The van der Waals surface area contributed by atoms with Crippen LogP contribution in [-0.2, 0) is 20.9 Å². The molecule has 0 heterocycles. The number of aliphatic hydroxyl groups is 1. The fraction of sp³-hybridized carbons (Fsp3) is 0.529. The van der Waals surface area contributed by atoms with Crippen molar-refractivity contribution in [3.63, 3.8) is 0 Å². The number of ether oxygens (including phenoxy) is 2. The fourth-order valence-electron chi connectivity index (χ4n) is 1.82. The lowest BCUT2D eigenvalue weighted by atomic mass is 10.1. The van der Waals surface area contributed by atoms with E-state index in [0.717, 1.165) is 5.56 Å². The fourth-order valence-corrected chi connectivity index (χ4v) is 1.82. The average molecular weight is 324 g/mol. The molecular formula is C17H25NO5. The zero-order valence-electron chi connectivity index (χ0n) is 14.8. The summed E-state index contributed by atoms with van der Waals surface area (Å²) in [4.78, 5) is 24.1. The maximum absolute atomic E-state index is 12.2. The Morgan fingerprint density at radius 1 is 1.30 bits per heavy atom. The van der Waals surface area contributed by atoms with Crippen molar-refractivity contribution in [3.05, 3.63) is 35.9 Å². The van der Waals surface area contributed by atoms with E-state index < -0.39 is 23.7 Å². The highest BCUT2D eigenvalue weighted by Crippen LogP contribution is 2.09. The molecule has 0 unspecified atom stereocenters. The first-order valence-corrected chi connectivity index (χ1v) is 7.60. The Kier molecular flexibility index (Phi) is 6.87. The summed E-state index contributed by atoms with van der Waals surface area (Å²) in [6, 6.07) is 8.42. The van der Waals surface area contributed by atoms with Crippen molar-refractivity contribution in [2.24, 2.45) is 0 Å². The van der Waals surface area contributed by atoms with Crippen LogP contribution in [0.5, 0.6) is 0 Å². The molecule has 0 fully saturated rings. The molecule has 23 heavy (non-hydrogen) atoms. The van der Waals surface area contributed by atoms with Crippen LogP contribution >= 0.6 is 0 Å². The Bertz CT molecular complexity index is 515. The molecule has 1 rings (SSSR count). The van der Waals surface area contributed by atoms with Gasteiger partial charge in [-0.3, -0.25) is 0 Å². The molecule has 0 aromatic heterocycles. The Morgan fingerprint density at radius 2 is 2.00 bits per heavy atom. The highest BCUT2D eigenvalue weighted by molar-refractivity contribution is 5.81. The lowest BCUT2D eigenvalue weighted by Crippen LogP contribution is -2.44. The van der Waals surface area contributed by atoms with Gasteiger partial charge in [0.05, 0.1) is 0 Å². The third kappa shape index (κ3) is 8.21. The van der Waals surface area contributed by atoms with Gasteiger partial charge in [-0.25, -0.2) is 9.59 Å². The predicted octanol–water partition coefficient (Wildman–Crippen LogP) is 2.40. The van der Waals surface area contributed by atoms with Gasteiger partial charge in [0, 0.05) is 6.61 Å². The van der Waals surface area contributed by atoms with Gasteiger partial charge in [0.25, 0.3) is 0 Å². The molecule has 1 atom stereocenters. The quantitative estimate of drug-likeness (QED) is 0.566. The third-order valence-corrected chi connectivity index (χ3v) is 2.84. The molecule has 6 heteroatoms. The lowest BCUT2D eigenvalue weighted by molar-refractivity contribution is -0.147. The molecule has 128 valence electrons. The number of aliphatic hydroxyl groups excluding tert-OH is 1. The van der Waals surface area contributed by atoms with E-state index in [1.165, 1.54) is 0 Å². The zero-order chi connectivity index (χ0) is 18.0. The van der Waals surface area contributed by atoms with Gasteiger partial charge in [-0.15, -0.1) is 0 Å². The van der Waals surface area contributed by atoms with Crippen molar-refractivity contribution >= 4 is 12.1 Å². The number of rotatable bonds is 8. The molecule has 2 N–H and O–H groups in total. The minimum Gasteiger partial charge on any atom is -0.459 e. The summed E-state index contributed by atoms with van der Waals surface area (Å²) >= 11 is 0. The Hall–Kier alpha value is -2.08. The molecule has 1 aromatic carbocycles. The van der Waals surface area contributed by atoms with E-state index in [9.17, 15) is 9.59 Å². The first-order chi connectivity index (χ1) is 11.3. The van der Waals surface area contributed by atoms with Gasteiger partial charge in [0.15, 0.2) is 0 Å².